The van der Waals surface area contributed by atoms with Gasteiger partial charge in [-0.05, 0) is 43.2 Å². The second-order valence-electron chi connectivity index (χ2n) is 4.33. The molecule has 2 unspecified atom stereocenters. The zero-order valence-electron chi connectivity index (χ0n) is 9.45. The van der Waals surface area contributed by atoms with Crippen LogP contribution in [0.3, 0.4) is 0 Å². The van der Waals surface area contributed by atoms with E-state index in [1.807, 2.05) is 11.3 Å². The number of hydrogen-bond donors (Lipinski definition) is 1. The zero-order valence-corrected chi connectivity index (χ0v) is 10.3. The van der Waals surface area contributed by atoms with Crippen LogP contribution in [-0.4, -0.2) is 19.8 Å². The molecule has 1 saturated heterocycles. The molecule has 0 aromatic carbocycles. The quantitative estimate of drug-likeness (QED) is 0.850. The van der Waals surface area contributed by atoms with Gasteiger partial charge in [0.2, 0.25) is 0 Å². The monoisotopic (exact) mass is 225 g/mol. The molecule has 1 aromatic heterocycles. The molecular formula is C12H19NOS. The first-order valence-corrected chi connectivity index (χ1v) is 6.50. The highest BCUT2D eigenvalue weighted by Gasteiger charge is 2.17. The van der Waals surface area contributed by atoms with Crippen LogP contribution in [0, 0.1) is 12.8 Å². The van der Waals surface area contributed by atoms with E-state index in [2.05, 4.69) is 30.6 Å². The molecule has 1 aromatic rings. The van der Waals surface area contributed by atoms with E-state index in [4.69, 9.17) is 4.74 Å². The average Bonchev–Trinajstić information content (AvgIpc) is 2.84. The van der Waals surface area contributed by atoms with Crippen molar-refractivity contribution in [1.82, 2.24) is 5.32 Å². The lowest BCUT2D eigenvalue weighted by Gasteiger charge is -2.16. The Balaban J connectivity index is 1.81. The molecule has 15 heavy (non-hydrogen) atoms. The molecule has 3 heteroatoms. The van der Waals surface area contributed by atoms with Crippen molar-refractivity contribution in [2.24, 2.45) is 5.92 Å². The van der Waals surface area contributed by atoms with E-state index in [0.29, 0.717) is 12.0 Å². The molecular weight excluding hydrogens is 206 g/mol. The third kappa shape index (κ3) is 2.80. The van der Waals surface area contributed by atoms with E-state index >= 15 is 0 Å². The summed E-state index contributed by atoms with van der Waals surface area (Å²) in [6.07, 6.45) is 1.21. The standard InChI is InChI=1S/C12H19NOS/c1-9-4-6-15-12(9)10(2)13-7-11-3-5-14-8-11/h4,6,10-11,13H,3,5,7-8H2,1-2H3. The van der Waals surface area contributed by atoms with E-state index in [1.54, 1.807) is 0 Å². The minimum Gasteiger partial charge on any atom is -0.381 e. The van der Waals surface area contributed by atoms with Crippen LogP contribution in [0.2, 0.25) is 0 Å². The normalized spacial score (nSPS) is 23.2. The molecule has 2 rings (SSSR count). The van der Waals surface area contributed by atoms with Gasteiger partial charge in [-0.3, -0.25) is 0 Å². The van der Waals surface area contributed by atoms with Crippen LogP contribution in [0.4, 0.5) is 0 Å². The molecule has 0 spiro atoms. The van der Waals surface area contributed by atoms with Crippen molar-refractivity contribution < 1.29 is 4.74 Å². The minimum atomic E-state index is 0.477. The number of nitrogens with one attached hydrogen (secondary N) is 1. The largest absolute Gasteiger partial charge is 0.381 e. The average molecular weight is 225 g/mol. The van der Waals surface area contributed by atoms with E-state index in [0.717, 1.165) is 19.8 Å². The number of aryl methyl sites for hydroxylation is 1. The van der Waals surface area contributed by atoms with Crippen molar-refractivity contribution in [3.05, 3.63) is 21.9 Å². The molecule has 1 aliphatic heterocycles. The maximum atomic E-state index is 5.37. The fourth-order valence-electron chi connectivity index (χ4n) is 2.01. The van der Waals surface area contributed by atoms with Crippen LogP contribution >= 0.6 is 11.3 Å². The second-order valence-corrected chi connectivity index (χ2v) is 5.28. The minimum absolute atomic E-state index is 0.477. The van der Waals surface area contributed by atoms with Crippen LogP contribution in [0.5, 0.6) is 0 Å². The summed E-state index contributed by atoms with van der Waals surface area (Å²) in [5, 5.41) is 5.77. The molecule has 0 radical (unpaired) electrons. The summed E-state index contributed by atoms with van der Waals surface area (Å²) in [6, 6.07) is 2.67. The molecule has 1 N–H and O–H groups in total. The van der Waals surface area contributed by atoms with Gasteiger partial charge in [-0.2, -0.15) is 0 Å². The topological polar surface area (TPSA) is 21.3 Å². The van der Waals surface area contributed by atoms with Gasteiger partial charge in [-0.15, -0.1) is 11.3 Å². The maximum absolute atomic E-state index is 5.37. The van der Waals surface area contributed by atoms with Crippen molar-refractivity contribution >= 4 is 11.3 Å². The van der Waals surface area contributed by atoms with Crippen molar-refractivity contribution in [3.8, 4) is 0 Å². The van der Waals surface area contributed by atoms with Gasteiger partial charge in [0, 0.05) is 24.1 Å². The number of ether oxygens (including phenoxy) is 1. The van der Waals surface area contributed by atoms with E-state index in [-0.39, 0.29) is 0 Å². The summed E-state index contributed by atoms with van der Waals surface area (Å²) in [4.78, 5) is 1.47. The third-order valence-corrected chi connectivity index (χ3v) is 4.23. The van der Waals surface area contributed by atoms with Gasteiger partial charge in [0.25, 0.3) is 0 Å². The summed E-state index contributed by atoms with van der Waals surface area (Å²) in [5.74, 6) is 0.715. The Morgan fingerprint density at radius 3 is 3.13 bits per heavy atom. The predicted molar refractivity (Wildman–Crippen MR) is 64.4 cm³/mol. The number of hydrogen-bond acceptors (Lipinski definition) is 3. The molecule has 1 aliphatic rings. The Hall–Kier alpha value is -0.380. The van der Waals surface area contributed by atoms with Crippen molar-refractivity contribution in [2.45, 2.75) is 26.3 Å². The van der Waals surface area contributed by atoms with Crippen LogP contribution < -0.4 is 5.32 Å². The lowest BCUT2D eigenvalue weighted by molar-refractivity contribution is 0.184. The van der Waals surface area contributed by atoms with Crippen molar-refractivity contribution in [1.29, 1.82) is 0 Å². The van der Waals surface area contributed by atoms with Gasteiger partial charge < -0.3 is 10.1 Å². The highest BCUT2D eigenvalue weighted by atomic mass is 32.1. The smallest absolute Gasteiger partial charge is 0.0507 e. The van der Waals surface area contributed by atoms with Crippen LogP contribution in [-0.2, 0) is 4.74 Å². The molecule has 2 nitrogen and oxygen atoms in total. The van der Waals surface area contributed by atoms with Crippen molar-refractivity contribution in [3.63, 3.8) is 0 Å². The van der Waals surface area contributed by atoms with Gasteiger partial charge in [0.15, 0.2) is 0 Å². The zero-order chi connectivity index (χ0) is 10.7. The molecule has 0 saturated carbocycles. The maximum Gasteiger partial charge on any atom is 0.0507 e. The Labute approximate surface area is 95.6 Å². The SMILES string of the molecule is Cc1ccsc1C(C)NCC1CCOC1. The van der Waals surface area contributed by atoms with Crippen LogP contribution in [0.1, 0.15) is 29.8 Å². The molecule has 2 atom stereocenters. The summed E-state index contributed by atoms with van der Waals surface area (Å²) in [7, 11) is 0. The van der Waals surface area contributed by atoms with Gasteiger partial charge >= 0.3 is 0 Å². The summed E-state index contributed by atoms with van der Waals surface area (Å²) < 4.78 is 5.37. The first-order valence-electron chi connectivity index (χ1n) is 5.62. The Morgan fingerprint density at radius 1 is 1.67 bits per heavy atom. The van der Waals surface area contributed by atoms with Crippen LogP contribution in [0.25, 0.3) is 0 Å². The summed E-state index contributed by atoms with van der Waals surface area (Å²) >= 11 is 1.85. The van der Waals surface area contributed by atoms with Gasteiger partial charge in [0.1, 0.15) is 0 Å². The molecule has 0 aliphatic carbocycles. The third-order valence-electron chi connectivity index (χ3n) is 3.03. The second kappa shape index (κ2) is 5.10. The molecule has 0 bridgehead atoms. The lowest BCUT2D eigenvalue weighted by Crippen LogP contribution is -2.25. The van der Waals surface area contributed by atoms with Gasteiger partial charge in [-0.25, -0.2) is 0 Å². The summed E-state index contributed by atoms with van der Waals surface area (Å²) in [5.41, 5.74) is 1.41. The Morgan fingerprint density at radius 2 is 2.53 bits per heavy atom. The number of rotatable bonds is 4. The lowest BCUT2D eigenvalue weighted by atomic mass is 10.1. The van der Waals surface area contributed by atoms with E-state index in [9.17, 15) is 0 Å². The first kappa shape index (κ1) is 11.1. The fraction of sp³-hybridized carbons (Fsp3) is 0.667. The van der Waals surface area contributed by atoms with Crippen LogP contribution in [0.15, 0.2) is 11.4 Å². The van der Waals surface area contributed by atoms with E-state index in [1.165, 1.54) is 16.9 Å². The predicted octanol–water partition coefficient (Wildman–Crippen LogP) is 2.74. The van der Waals surface area contributed by atoms with Gasteiger partial charge in [-0.1, -0.05) is 0 Å². The highest BCUT2D eigenvalue weighted by Crippen LogP contribution is 2.23. The highest BCUT2D eigenvalue weighted by molar-refractivity contribution is 7.10. The molecule has 0 amide bonds. The number of thiophene rings is 1. The fourth-order valence-corrected chi connectivity index (χ4v) is 2.97. The molecule has 1 fully saturated rings. The van der Waals surface area contributed by atoms with Gasteiger partial charge in [0.05, 0.1) is 6.61 Å². The molecule has 2 heterocycles. The van der Waals surface area contributed by atoms with E-state index < -0.39 is 0 Å². The first-order chi connectivity index (χ1) is 7.27. The Bertz CT molecular complexity index is 304. The molecule has 84 valence electrons. The summed E-state index contributed by atoms with van der Waals surface area (Å²) in [6.45, 7) is 7.39. The Kier molecular flexibility index (Phi) is 3.78. The van der Waals surface area contributed by atoms with Crippen molar-refractivity contribution in [2.75, 3.05) is 19.8 Å².